The molecule has 2 aromatic rings. The zero-order valence-corrected chi connectivity index (χ0v) is 32.2. The van der Waals surface area contributed by atoms with Gasteiger partial charge in [-0.3, -0.25) is 0 Å². The number of carbonyl (C=O) groups is 4. The van der Waals surface area contributed by atoms with Crippen molar-refractivity contribution in [1.82, 2.24) is 0 Å². The molecule has 0 heterocycles. The molecule has 0 saturated heterocycles. The summed E-state index contributed by atoms with van der Waals surface area (Å²) in [6.07, 6.45) is 5.73. The summed E-state index contributed by atoms with van der Waals surface area (Å²) in [5.41, 5.74) is -0.938. The smallest absolute Gasteiger partial charge is 0.423 e. The molecule has 0 saturated carbocycles. The van der Waals surface area contributed by atoms with Crippen LogP contribution in [-0.4, -0.2) is 37.1 Å². The Morgan fingerprint density at radius 1 is 0.562 bits per heavy atom. The number of ether oxygens (including phenoxy) is 4. The van der Waals surface area contributed by atoms with E-state index < -0.39 is 46.5 Å². The lowest BCUT2D eigenvalue weighted by Gasteiger charge is -2.19. The van der Waals surface area contributed by atoms with Crippen molar-refractivity contribution in [2.24, 2.45) is 23.7 Å². The third kappa shape index (κ3) is 12.1. The molecule has 0 amide bonds. The van der Waals surface area contributed by atoms with Gasteiger partial charge in [0.1, 0.15) is 11.1 Å². The van der Waals surface area contributed by atoms with Crippen LogP contribution in [-0.2, 0) is 19.1 Å². The summed E-state index contributed by atoms with van der Waals surface area (Å²) in [6, 6.07) is 2.25. The zero-order valence-electron chi connectivity index (χ0n) is 27.7. The van der Waals surface area contributed by atoms with Crippen LogP contribution >= 0.6 is 69.6 Å². The molecule has 0 aromatic heterocycles. The Labute approximate surface area is 311 Å². The number of esters is 4. The molecule has 2 rings (SSSR count). The monoisotopic (exact) mass is 786 g/mol. The summed E-state index contributed by atoms with van der Waals surface area (Å²) in [5.74, 6) is -5.57. The van der Waals surface area contributed by atoms with Crippen molar-refractivity contribution in [3.8, 4) is 11.5 Å². The maximum absolute atomic E-state index is 13.2. The van der Waals surface area contributed by atoms with Crippen LogP contribution < -0.4 is 9.47 Å². The van der Waals surface area contributed by atoms with E-state index in [9.17, 15) is 19.2 Å². The van der Waals surface area contributed by atoms with Gasteiger partial charge in [0.25, 0.3) is 0 Å². The van der Waals surface area contributed by atoms with Gasteiger partial charge in [-0.15, -0.1) is 0 Å². The quantitative estimate of drug-likeness (QED) is 0.0716. The topological polar surface area (TPSA) is 105 Å². The number of carbonyl (C=O) groups excluding carboxylic acids is 4. The first kappa shape index (κ1) is 42.2. The Bertz CT molecular complexity index is 1370. The molecule has 0 fully saturated rings. The Kier molecular flexibility index (Phi) is 17.6. The average Bonchev–Trinajstić information content (AvgIpc) is 3.00. The van der Waals surface area contributed by atoms with E-state index in [1.165, 1.54) is 0 Å². The van der Waals surface area contributed by atoms with Gasteiger partial charge in [0.05, 0.1) is 43.3 Å². The second kappa shape index (κ2) is 20.0. The van der Waals surface area contributed by atoms with Crippen molar-refractivity contribution in [2.45, 2.75) is 80.1 Å². The van der Waals surface area contributed by atoms with Gasteiger partial charge in [-0.2, -0.15) is 0 Å². The lowest BCUT2D eigenvalue weighted by molar-refractivity contribution is -0.156. The lowest BCUT2D eigenvalue weighted by Crippen LogP contribution is -2.27. The first-order valence-electron chi connectivity index (χ1n) is 15.6. The molecule has 266 valence electrons. The summed E-state index contributed by atoms with van der Waals surface area (Å²) in [7, 11) is 0. The van der Waals surface area contributed by atoms with Gasteiger partial charge in [0.2, 0.25) is 0 Å². The highest BCUT2D eigenvalue weighted by Crippen LogP contribution is 2.42. The molecule has 0 N–H and O–H groups in total. The number of halogens is 6. The van der Waals surface area contributed by atoms with Crippen LogP contribution in [0.4, 0.5) is 0 Å². The van der Waals surface area contributed by atoms with Crippen molar-refractivity contribution in [3.05, 3.63) is 53.4 Å². The summed E-state index contributed by atoms with van der Waals surface area (Å²) < 4.78 is 21.3. The van der Waals surface area contributed by atoms with Crippen LogP contribution in [0.5, 0.6) is 11.5 Å². The minimum absolute atomic E-state index is 0.00887. The summed E-state index contributed by atoms with van der Waals surface area (Å²) in [5, 5.41) is -1.51. The van der Waals surface area contributed by atoms with Gasteiger partial charge in [0.15, 0.2) is 11.5 Å². The highest BCUT2D eigenvalue weighted by Gasteiger charge is 2.32. The van der Waals surface area contributed by atoms with E-state index in [0.717, 1.165) is 50.7 Å². The standard InChI is InChI=1S/C34H40Cl6O8/c1-7-9-17(3)11-19(5)15-45-31(41)25-27(39)21(35)13-23(37)29(25)47-33(43)34(44)48-30-24(38)14-22(36)28(40)26(30)32(42)46-16-20(6)12-18(4)10-8-2/h13-14,17-20H,7-12,15-16H2,1-6H3. The minimum Gasteiger partial charge on any atom is -0.462 e. The molecular formula is C34H40Cl6O8. The van der Waals surface area contributed by atoms with E-state index in [4.69, 9.17) is 88.6 Å². The molecule has 0 bridgehead atoms. The van der Waals surface area contributed by atoms with E-state index in [0.29, 0.717) is 11.8 Å². The number of hydrogen-bond acceptors (Lipinski definition) is 8. The second-order valence-corrected chi connectivity index (χ2v) is 14.5. The predicted molar refractivity (Wildman–Crippen MR) is 190 cm³/mol. The molecule has 0 aliphatic heterocycles. The van der Waals surface area contributed by atoms with E-state index in [1.54, 1.807) is 0 Å². The van der Waals surface area contributed by atoms with Crippen LogP contribution in [0.25, 0.3) is 0 Å². The molecular weight excluding hydrogens is 749 g/mol. The fraction of sp³-hybridized carbons (Fsp3) is 0.529. The Hall–Kier alpha value is -1.94. The van der Waals surface area contributed by atoms with Gasteiger partial charge in [-0.25, -0.2) is 19.2 Å². The van der Waals surface area contributed by atoms with Gasteiger partial charge >= 0.3 is 23.9 Å². The van der Waals surface area contributed by atoms with E-state index >= 15 is 0 Å². The Morgan fingerprint density at radius 2 is 0.896 bits per heavy atom. The molecule has 2 aromatic carbocycles. The van der Waals surface area contributed by atoms with Crippen LogP contribution in [0, 0.1) is 23.7 Å². The van der Waals surface area contributed by atoms with Gasteiger partial charge in [0, 0.05) is 0 Å². The van der Waals surface area contributed by atoms with Crippen molar-refractivity contribution in [2.75, 3.05) is 13.2 Å². The molecule has 4 atom stereocenters. The third-order valence-corrected chi connectivity index (χ3v) is 9.52. The van der Waals surface area contributed by atoms with Gasteiger partial charge in [-0.05, 0) is 48.6 Å². The van der Waals surface area contributed by atoms with Crippen LogP contribution in [0.3, 0.4) is 0 Å². The summed E-state index contributed by atoms with van der Waals surface area (Å²) in [6.45, 7) is 12.3. The van der Waals surface area contributed by atoms with Crippen LogP contribution in [0.1, 0.15) is 101 Å². The van der Waals surface area contributed by atoms with E-state index in [2.05, 4.69) is 27.7 Å². The third-order valence-electron chi connectivity index (χ3n) is 7.39. The lowest BCUT2D eigenvalue weighted by atomic mass is 9.94. The normalized spacial score (nSPS) is 13.7. The minimum atomic E-state index is -1.65. The largest absolute Gasteiger partial charge is 0.462 e. The maximum Gasteiger partial charge on any atom is 0.423 e. The number of hydrogen-bond donors (Lipinski definition) is 0. The van der Waals surface area contributed by atoms with Gasteiger partial charge in [-0.1, -0.05) is 137 Å². The van der Waals surface area contributed by atoms with Crippen molar-refractivity contribution in [3.63, 3.8) is 0 Å². The Balaban J connectivity index is 2.29. The van der Waals surface area contributed by atoms with Gasteiger partial charge < -0.3 is 18.9 Å². The van der Waals surface area contributed by atoms with E-state index in [-0.39, 0.29) is 55.2 Å². The molecule has 48 heavy (non-hydrogen) atoms. The predicted octanol–water partition coefficient (Wildman–Crippen LogP) is 11.4. The number of benzene rings is 2. The fourth-order valence-corrected chi connectivity index (χ4v) is 6.74. The SMILES string of the molecule is CCCC(C)CC(C)COC(=O)c1c(Cl)c(Cl)cc(Cl)c1OC(=O)C(=O)Oc1c(Cl)cc(Cl)c(Cl)c1C(=O)OCC(C)CC(C)CCC. The first-order chi connectivity index (χ1) is 22.5. The zero-order chi connectivity index (χ0) is 36.3. The average molecular weight is 789 g/mol. The Morgan fingerprint density at radius 3 is 1.21 bits per heavy atom. The van der Waals surface area contributed by atoms with Crippen molar-refractivity contribution < 1.29 is 38.1 Å². The highest BCUT2D eigenvalue weighted by molar-refractivity contribution is 6.47. The molecule has 14 heteroatoms. The number of rotatable bonds is 16. The second-order valence-electron chi connectivity index (χ2n) is 12.2. The molecule has 0 aliphatic carbocycles. The summed E-state index contributed by atoms with van der Waals surface area (Å²) in [4.78, 5) is 52.3. The highest BCUT2D eigenvalue weighted by atomic mass is 35.5. The molecule has 0 radical (unpaired) electrons. The van der Waals surface area contributed by atoms with Crippen molar-refractivity contribution >= 4 is 93.5 Å². The summed E-state index contributed by atoms with van der Waals surface area (Å²) >= 11 is 37.4. The molecule has 8 nitrogen and oxygen atoms in total. The van der Waals surface area contributed by atoms with Crippen LogP contribution in [0.15, 0.2) is 12.1 Å². The first-order valence-corrected chi connectivity index (χ1v) is 17.9. The fourth-order valence-electron chi connectivity index (χ4n) is 5.30. The van der Waals surface area contributed by atoms with Crippen molar-refractivity contribution in [1.29, 1.82) is 0 Å². The molecule has 0 aliphatic rings. The van der Waals surface area contributed by atoms with Crippen LogP contribution in [0.2, 0.25) is 30.1 Å². The molecule has 0 spiro atoms. The maximum atomic E-state index is 13.2. The van der Waals surface area contributed by atoms with E-state index in [1.807, 2.05) is 13.8 Å². The molecule has 4 unspecified atom stereocenters.